The number of hydrogen-bond acceptors (Lipinski definition) is 5. The molecule has 1 saturated heterocycles. The number of aromatic nitrogens is 2. The lowest BCUT2D eigenvalue weighted by atomic mass is 10.2. The zero-order valence-electron chi connectivity index (χ0n) is 17.0. The fraction of sp³-hybridized carbons (Fsp3) is 0.500. The van der Waals surface area contributed by atoms with Crippen LogP contribution in [0.15, 0.2) is 35.5 Å². The SMILES string of the molecule is CC(C)CN1Cc2c(C(=O)NC3CCN(C)C3)ncn2-c2ccccc2S1(=O)=O. The largest absolute Gasteiger partial charge is 0.347 e. The summed E-state index contributed by atoms with van der Waals surface area (Å²) >= 11 is 0. The highest BCUT2D eigenvalue weighted by molar-refractivity contribution is 7.89. The molecular weight excluding hydrogens is 390 g/mol. The number of nitrogens with one attached hydrogen (secondary N) is 1. The lowest BCUT2D eigenvalue weighted by Gasteiger charge is -2.22. The standard InChI is InChI=1S/C20H27N5O3S/c1-14(2)10-24-12-17-19(20(26)22-15-8-9-23(3)11-15)21-13-25(17)16-6-4-5-7-18(16)29(24,27)28/h4-7,13-15H,8-12H2,1-3H3,(H,22,26). The van der Waals surface area contributed by atoms with E-state index in [9.17, 15) is 13.2 Å². The van der Waals surface area contributed by atoms with Crippen LogP contribution in [0.3, 0.4) is 0 Å². The summed E-state index contributed by atoms with van der Waals surface area (Å²) in [6, 6.07) is 6.96. The first-order valence-corrected chi connectivity index (χ1v) is 11.4. The smallest absolute Gasteiger partial charge is 0.272 e. The molecule has 1 aromatic carbocycles. The number of nitrogens with zero attached hydrogens (tertiary/aromatic N) is 4. The van der Waals surface area contributed by atoms with Crippen LogP contribution >= 0.6 is 0 Å². The fourth-order valence-corrected chi connectivity index (χ4v) is 5.81. The van der Waals surface area contributed by atoms with Gasteiger partial charge in [-0.2, -0.15) is 4.31 Å². The van der Waals surface area contributed by atoms with Crippen molar-refractivity contribution in [3.8, 4) is 5.69 Å². The summed E-state index contributed by atoms with van der Waals surface area (Å²) in [5.74, 6) is -0.0990. The van der Waals surface area contributed by atoms with E-state index in [1.807, 2.05) is 20.9 Å². The Kier molecular flexibility index (Phi) is 5.22. The van der Waals surface area contributed by atoms with Crippen molar-refractivity contribution in [2.75, 3.05) is 26.7 Å². The van der Waals surface area contributed by atoms with E-state index in [0.29, 0.717) is 23.6 Å². The molecule has 9 heteroatoms. The molecule has 1 unspecified atom stereocenters. The van der Waals surface area contributed by atoms with E-state index >= 15 is 0 Å². The summed E-state index contributed by atoms with van der Waals surface area (Å²) in [6.45, 7) is 6.19. The monoisotopic (exact) mass is 417 g/mol. The van der Waals surface area contributed by atoms with Gasteiger partial charge < -0.3 is 10.2 Å². The van der Waals surface area contributed by atoms with Gasteiger partial charge in [-0.15, -0.1) is 0 Å². The summed E-state index contributed by atoms with van der Waals surface area (Å²) < 4.78 is 29.8. The molecule has 1 amide bonds. The van der Waals surface area contributed by atoms with E-state index in [1.165, 1.54) is 4.31 Å². The Morgan fingerprint density at radius 1 is 1.31 bits per heavy atom. The van der Waals surface area contributed by atoms with E-state index in [-0.39, 0.29) is 29.3 Å². The number of rotatable bonds is 4. The Morgan fingerprint density at radius 3 is 2.76 bits per heavy atom. The van der Waals surface area contributed by atoms with Gasteiger partial charge in [0.2, 0.25) is 10.0 Å². The van der Waals surface area contributed by atoms with Crippen molar-refractivity contribution in [3.05, 3.63) is 42.0 Å². The van der Waals surface area contributed by atoms with Crippen molar-refractivity contribution in [1.82, 2.24) is 24.1 Å². The van der Waals surface area contributed by atoms with Gasteiger partial charge in [0, 0.05) is 19.1 Å². The first-order chi connectivity index (χ1) is 13.8. The summed E-state index contributed by atoms with van der Waals surface area (Å²) in [5, 5.41) is 3.06. The van der Waals surface area contributed by atoms with Crippen LogP contribution in [0.4, 0.5) is 0 Å². The molecule has 8 nitrogen and oxygen atoms in total. The number of likely N-dealkylation sites (tertiary alicyclic amines) is 1. The number of benzene rings is 1. The third-order valence-corrected chi connectivity index (χ3v) is 7.30. The number of sulfonamides is 1. The van der Waals surface area contributed by atoms with Crippen LogP contribution in [0.1, 0.15) is 36.5 Å². The second-order valence-electron chi connectivity index (χ2n) is 8.29. The molecule has 1 N–H and O–H groups in total. The topological polar surface area (TPSA) is 87.5 Å². The first-order valence-electron chi connectivity index (χ1n) is 9.92. The molecule has 0 saturated carbocycles. The highest BCUT2D eigenvalue weighted by Crippen LogP contribution is 2.31. The Balaban J connectivity index is 1.76. The minimum atomic E-state index is -3.68. The van der Waals surface area contributed by atoms with Crippen LogP contribution in [0.25, 0.3) is 5.69 Å². The molecule has 1 aromatic heterocycles. The van der Waals surface area contributed by atoms with E-state index in [1.54, 1.807) is 35.2 Å². The average molecular weight is 418 g/mol. The van der Waals surface area contributed by atoms with Crippen molar-refractivity contribution < 1.29 is 13.2 Å². The molecule has 0 bridgehead atoms. The van der Waals surface area contributed by atoms with Gasteiger partial charge in [-0.05, 0) is 38.1 Å². The predicted octanol–water partition coefficient (Wildman–Crippen LogP) is 1.47. The number of carbonyl (C=O) groups is 1. The van der Waals surface area contributed by atoms with Crippen LogP contribution in [0, 0.1) is 5.92 Å². The molecule has 1 fully saturated rings. The first kappa shape index (κ1) is 20.1. The minimum Gasteiger partial charge on any atom is -0.347 e. The molecule has 2 aliphatic heterocycles. The van der Waals surface area contributed by atoms with Gasteiger partial charge >= 0.3 is 0 Å². The summed E-state index contributed by atoms with van der Waals surface area (Å²) in [7, 11) is -1.65. The van der Waals surface area contributed by atoms with Gasteiger partial charge in [-0.25, -0.2) is 13.4 Å². The normalized spacial score (nSPS) is 21.6. The van der Waals surface area contributed by atoms with Crippen molar-refractivity contribution in [2.24, 2.45) is 5.92 Å². The number of fused-ring (bicyclic) bond motifs is 3. The third-order valence-electron chi connectivity index (χ3n) is 5.45. The molecule has 156 valence electrons. The molecule has 29 heavy (non-hydrogen) atoms. The zero-order chi connectivity index (χ0) is 20.8. The molecule has 0 aliphatic carbocycles. The number of hydrogen-bond donors (Lipinski definition) is 1. The minimum absolute atomic E-state index is 0.0819. The maximum atomic E-state index is 13.3. The second kappa shape index (κ2) is 7.55. The van der Waals surface area contributed by atoms with Crippen LogP contribution in [-0.2, 0) is 16.6 Å². The Hall–Kier alpha value is -2.23. The van der Waals surface area contributed by atoms with Crippen molar-refractivity contribution in [3.63, 3.8) is 0 Å². The number of carbonyl (C=O) groups excluding carboxylic acids is 1. The molecule has 2 aliphatic rings. The quantitative estimate of drug-likeness (QED) is 0.814. The molecule has 1 atom stereocenters. The van der Waals surface area contributed by atoms with Crippen molar-refractivity contribution in [2.45, 2.75) is 37.8 Å². The van der Waals surface area contributed by atoms with Crippen molar-refractivity contribution in [1.29, 1.82) is 0 Å². The van der Waals surface area contributed by atoms with Crippen LogP contribution in [-0.4, -0.2) is 65.8 Å². The molecular formula is C20H27N5O3S. The van der Waals surface area contributed by atoms with Crippen molar-refractivity contribution >= 4 is 15.9 Å². The van der Waals surface area contributed by atoms with Crippen LogP contribution in [0.2, 0.25) is 0 Å². The van der Waals surface area contributed by atoms with Crippen LogP contribution < -0.4 is 5.32 Å². The summed E-state index contributed by atoms with van der Waals surface area (Å²) in [4.78, 5) is 19.8. The Morgan fingerprint density at radius 2 is 2.07 bits per heavy atom. The van der Waals surface area contributed by atoms with Gasteiger partial charge in [0.25, 0.3) is 5.91 Å². The summed E-state index contributed by atoms with van der Waals surface area (Å²) in [5.41, 5.74) is 1.42. The molecule has 0 spiro atoms. The van der Waals surface area contributed by atoms with E-state index in [0.717, 1.165) is 19.5 Å². The number of likely N-dealkylation sites (N-methyl/N-ethyl adjacent to an activating group) is 1. The highest BCUT2D eigenvalue weighted by atomic mass is 32.2. The number of para-hydroxylation sites is 1. The van der Waals surface area contributed by atoms with Gasteiger partial charge in [0.05, 0.1) is 17.9 Å². The second-order valence-corrected chi connectivity index (χ2v) is 10.2. The third kappa shape index (κ3) is 3.70. The van der Waals surface area contributed by atoms with Crippen LogP contribution in [0.5, 0.6) is 0 Å². The molecule has 3 heterocycles. The molecule has 2 aromatic rings. The van der Waals surface area contributed by atoms with Gasteiger partial charge in [0.15, 0.2) is 5.69 Å². The van der Waals surface area contributed by atoms with Gasteiger partial charge in [-0.3, -0.25) is 9.36 Å². The predicted molar refractivity (Wildman–Crippen MR) is 109 cm³/mol. The Bertz CT molecular complexity index is 1030. The lowest BCUT2D eigenvalue weighted by Crippen LogP contribution is -2.38. The van der Waals surface area contributed by atoms with E-state index in [2.05, 4.69) is 15.2 Å². The maximum absolute atomic E-state index is 13.3. The number of amides is 1. The summed E-state index contributed by atoms with van der Waals surface area (Å²) in [6.07, 6.45) is 2.45. The fourth-order valence-electron chi connectivity index (χ4n) is 4.06. The molecule has 0 radical (unpaired) electrons. The van der Waals surface area contributed by atoms with Gasteiger partial charge in [-0.1, -0.05) is 26.0 Å². The van der Waals surface area contributed by atoms with E-state index in [4.69, 9.17) is 0 Å². The average Bonchev–Trinajstić information content (AvgIpc) is 3.24. The Labute approximate surface area is 171 Å². The van der Waals surface area contributed by atoms with E-state index < -0.39 is 10.0 Å². The maximum Gasteiger partial charge on any atom is 0.272 e. The zero-order valence-corrected chi connectivity index (χ0v) is 17.8. The lowest BCUT2D eigenvalue weighted by molar-refractivity contribution is 0.0932. The molecule has 4 rings (SSSR count). The van der Waals surface area contributed by atoms with Gasteiger partial charge in [0.1, 0.15) is 11.2 Å². The highest BCUT2D eigenvalue weighted by Gasteiger charge is 2.35. The number of imidazole rings is 1.